The molecular weight excluding hydrogens is 366 g/mol. The normalized spacial score (nSPS) is 11.7. The van der Waals surface area contributed by atoms with Gasteiger partial charge in [0, 0.05) is 24.3 Å². The van der Waals surface area contributed by atoms with Crippen LogP contribution in [-0.4, -0.2) is 33.0 Å². The van der Waals surface area contributed by atoms with Crippen LogP contribution in [0.15, 0.2) is 53.7 Å². The Balaban J connectivity index is 1.60. The highest BCUT2D eigenvalue weighted by Gasteiger charge is 2.07. The van der Waals surface area contributed by atoms with Crippen LogP contribution in [-0.2, 0) is 17.9 Å². The van der Waals surface area contributed by atoms with Crippen molar-refractivity contribution in [3.63, 3.8) is 0 Å². The van der Waals surface area contributed by atoms with Crippen LogP contribution in [0.1, 0.15) is 32.2 Å². The van der Waals surface area contributed by atoms with Crippen LogP contribution in [0.25, 0.3) is 5.65 Å². The van der Waals surface area contributed by atoms with Crippen LogP contribution in [0.4, 0.5) is 5.69 Å². The molecule has 1 aromatic carbocycles. The third-order valence-corrected chi connectivity index (χ3v) is 4.31. The highest BCUT2D eigenvalue weighted by molar-refractivity contribution is 5.92. The SMILES string of the molecule is CCNC(=NCc1ccc(NC(=O)C(C)C)cc1)NCc1nnc2ccccn12. The van der Waals surface area contributed by atoms with Gasteiger partial charge >= 0.3 is 0 Å². The van der Waals surface area contributed by atoms with Gasteiger partial charge in [0.1, 0.15) is 0 Å². The number of aliphatic imine (C=N–C) groups is 1. The molecule has 2 heterocycles. The monoisotopic (exact) mass is 393 g/mol. The summed E-state index contributed by atoms with van der Waals surface area (Å²) >= 11 is 0. The van der Waals surface area contributed by atoms with Crippen molar-refractivity contribution in [3.05, 3.63) is 60.0 Å². The molecule has 0 fully saturated rings. The molecule has 29 heavy (non-hydrogen) atoms. The first-order valence-corrected chi connectivity index (χ1v) is 9.77. The summed E-state index contributed by atoms with van der Waals surface area (Å²) in [4.78, 5) is 16.4. The fraction of sp³-hybridized carbons (Fsp3) is 0.333. The fourth-order valence-electron chi connectivity index (χ4n) is 2.67. The Labute approximate surface area is 170 Å². The third kappa shape index (κ3) is 5.54. The molecule has 0 radical (unpaired) electrons. The Hall–Kier alpha value is -3.42. The number of rotatable bonds is 7. The number of nitrogens with zero attached hydrogens (tertiary/aromatic N) is 4. The van der Waals surface area contributed by atoms with E-state index in [1.54, 1.807) is 0 Å². The molecule has 0 aliphatic rings. The molecule has 0 atom stereocenters. The summed E-state index contributed by atoms with van der Waals surface area (Å²) in [5, 5.41) is 17.8. The molecule has 0 aliphatic heterocycles. The van der Waals surface area contributed by atoms with Crippen molar-refractivity contribution in [1.29, 1.82) is 0 Å². The molecule has 3 aromatic rings. The number of carbonyl (C=O) groups excluding carboxylic acids is 1. The predicted octanol–water partition coefficient (Wildman–Crippen LogP) is 2.58. The molecule has 0 unspecified atom stereocenters. The average molecular weight is 393 g/mol. The van der Waals surface area contributed by atoms with Crippen molar-refractivity contribution in [2.75, 3.05) is 11.9 Å². The zero-order valence-corrected chi connectivity index (χ0v) is 17.0. The molecule has 152 valence electrons. The Bertz CT molecular complexity index is 976. The number of carbonyl (C=O) groups is 1. The van der Waals surface area contributed by atoms with Crippen LogP contribution in [0.2, 0.25) is 0 Å². The Morgan fingerprint density at radius 3 is 2.62 bits per heavy atom. The summed E-state index contributed by atoms with van der Waals surface area (Å²) in [7, 11) is 0. The molecule has 2 aromatic heterocycles. The van der Waals surface area contributed by atoms with Gasteiger partial charge in [-0.15, -0.1) is 10.2 Å². The molecule has 1 amide bonds. The van der Waals surface area contributed by atoms with E-state index in [0.29, 0.717) is 19.0 Å². The Morgan fingerprint density at radius 1 is 1.10 bits per heavy atom. The van der Waals surface area contributed by atoms with Gasteiger partial charge in [0.05, 0.1) is 13.1 Å². The van der Waals surface area contributed by atoms with Crippen LogP contribution >= 0.6 is 0 Å². The van der Waals surface area contributed by atoms with E-state index in [4.69, 9.17) is 0 Å². The van der Waals surface area contributed by atoms with Crippen molar-refractivity contribution < 1.29 is 4.79 Å². The summed E-state index contributed by atoms with van der Waals surface area (Å²) in [5.41, 5.74) is 2.66. The number of hydrogen-bond acceptors (Lipinski definition) is 4. The summed E-state index contributed by atoms with van der Waals surface area (Å²) in [5.74, 6) is 1.49. The second-order valence-electron chi connectivity index (χ2n) is 6.93. The lowest BCUT2D eigenvalue weighted by Gasteiger charge is -2.11. The van der Waals surface area contributed by atoms with Gasteiger partial charge in [0.2, 0.25) is 5.91 Å². The maximum Gasteiger partial charge on any atom is 0.226 e. The van der Waals surface area contributed by atoms with Crippen molar-refractivity contribution in [2.45, 2.75) is 33.9 Å². The van der Waals surface area contributed by atoms with Crippen LogP contribution < -0.4 is 16.0 Å². The van der Waals surface area contributed by atoms with E-state index in [1.165, 1.54) is 0 Å². The first-order chi connectivity index (χ1) is 14.1. The van der Waals surface area contributed by atoms with Gasteiger partial charge in [-0.2, -0.15) is 0 Å². The van der Waals surface area contributed by atoms with Gasteiger partial charge in [-0.3, -0.25) is 9.20 Å². The minimum Gasteiger partial charge on any atom is -0.357 e. The number of aromatic nitrogens is 3. The molecule has 8 nitrogen and oxygen atoms in total. The van der Waals surface area contributed by atoms with Crippen molar-refractivity contribution in [1.82, 2.24) is 25.2 Å². The van der Waals surface area contributed by atoms with Gasteiger partial charge in [-0.1, -0.05) is 32.0 Å². The van der Waals surface area contributed by atoms with E-state index in [0.717, 1.165) is 29.3 Å². The van der Waals surface area contributed by atoms with E-state index < -0.39 is 0 Å². The fourth-order valence-corrected chi connectivity index (χ4v) is 2.67. The molecule has 3 rings (SSSR count). The summed E-state index contributed by atoms with van der Waals surface area (Å²) < 4.78 is 1.95. The highest BCUT2D eigenvalue weighted by Crippen LogP contribution is 2.12. The van der Waals surface area contributed by atoms with Crippen LogP contribution in [0.3, 0.4) is 0 Å². The number of pyridine rings is 1. The van der Waals surface area contributed by atoms with E-state index >= 15 is 0 Å². The maximum absolute atomic E-state index is 11.8. The van der Waals surface area contributed by atoms with Gasteiger partial charge in [0.25, 0.3) is 0 Å². The number of benzene rings is 1. The quantitative estimate of drug-likeness (QED) is 0.424. The molecule has 0 saturated heterocycles. The lowest BCUT2D eigenvalue weighted by molar-refractivity contribution is -0.118. The van der Waals surface area contributed by atoms with Crippen molar-refractivity contribution in [2.24, 2.45) is 10.9 Å². The largest absolute Gasteiger partial charge is 0.357 e. The maximum atomic E-state index is 11.8. The standard InChI is InChI=1S/C21H27N7O/c1-4-22-21(24-14-19-27-26-18-7-5-6-12-28(18)19)23-13-16-8-10-17(11-9-16)25-20(29)15(2)3/h5-12,15H,4,13-14H2,1-3H3,(H,25,29)(H2,22,23,24). The van der Waals surface area contributed by atoms with Crippen LogP contribution in [0.5, 0.6) is 0 Å². The highest BCUT2D eigenvalue weighted by atomic mass is 16.1. The number of hydrogen-bond donors (Lipinski definition) is 3. The molecule has 0 saturated carbocycles. The summed E-state index contributed by atoms with van der Waals surface area (Å²) in [6, 6.07) is 13.5. The molecule has 0 aliphatic carbocycles. The average Bonchev–Trinajstić information content (AvgIpc) is 3.14. The molecule has 0 spiro atoms. The molecule has 8 heteroatoms. The molecule has 0 bridgehead atoms. The number of amides is 1. The minimum atomic E-state index is -0.0459. The lowest BCUT2D eigenvalue weighted by Crippen LogP contribution is -2.37. The number of anilines is 1. The zero-order valence-electron chi connectivity index (χ0n) is 17.0. The van der Waals surface area contributed by atoms with E-state index in [2.05, 4.69) is 31.1 Å². The first-order valence-electron chi connectivity index (χ1n) is 9.77. The summed E-state index contributed by atoms with van der Waals surface area (Å²) in [6.07, 6.45) is 1.94. The van der Waals surface area contributed by atoms with Gasteiger partial charge in [-0.25, -0.2) is 4.99 Å². The Kier molecular flexibility index (Phi) is 6.78. The lowest BCUT2D eigenvalue weighted by atomic mass is 10.2. The number of nitrogens with one attached hydrogen (secondary N) is 3. The number of guanidine groups is 1. The van der Waals surface area contributed by atoms with Crippen molar-refractivity contribution in [3.8, 4) is 0 Å². The van der Waals surface area contributed by atoms with E-state index in [1.807, 2.05) is 73.8 Å². The smallest absolute Gasteiger partial charge is 0.226 e. The predicted molar refractivity (Wildman–Crippen MR) is 115 cm³/mol. The van der Waals surface area contributed by atoms with Crippen molar-refractivity contribution >= 4 is 23.2 Å². The molecule has 3 N–H and O–H groups in total. The second kappa shape index (κ2) is 9.68. The molecular formula is C21H27N7O. The number of fused-ring (bicyclic) bond motifs is 1. The minimum absolute atomic E-state index is 0.00964. The third-order valence-electron chi connectivity index (χ3n) is 4.31. The second-order valence-corrected chi connectivity index (χ2v) is 6.93. The van der Waals surface area contributed by atoms with Crippen LogP contribution in [0, 0.1) is 5.92 Å². The van der Waals surface area contributed by atoms with Gasteiger partial charge < -0.3 is 16.0 Å². The summed E-state index contributed by atoms with van der Waals surface area (Å²) in [6.45, 7) is 7.56. The first kappa shape index (κ1) is 20.3. The Morgan fingerprint density at radius 2 is 1.90 bits per heavy atom. The van der Waals surface area contributed by atoms with Gasteiger partial charge in [0.15, 0.2) is 17.4 Å². The topological polar surface area (TPSA) is 95.7 Å². The van der Waals surface area contributed by atoms with E-state index in [9.17, 15) is 4.79 Å². The van der Waals surface area contributed by atoms with E-state index in [-0.39, 0.29) is 11.8 Å². The van der Waals surface area contributed by atoms with Gasteiger partial charge in [-0.05, 0) is 36.8 Å². The zero-order chi connectivity index (χ0) is 20.6.